The number of hydrogen-bond acceptors (Lipinski definition) is 4. The highest BCUT2D eigenvalue weighted by atomic mass is 16.5. The molecular formula is C22H17N3O3. The summed E-state index contributed by atoms with van der Waals surface area (Å²) in [5.74, 6) is 0.382. The van der Waals surface area contributed by atoms with Gasteiger partial charge in [-0.05, 0) is 48.5 Å². The minimum absolute atomic E-state index is 0.227. The topological polar surface area (TPSA) is 73.2 Å². The van der Waals surface area contributed by atoms with E-state index >= 15 is 0 Å². The maximum Gasteiger partial charge on any atom is 0.265 e. The Morgan fingerprint density at radius 3 is 2.46 bits per heavy atom. The zero-order valence-corrected chi connectivity index (χ0v) is 15.1. The van der Waals surface area contributed by atoms with Crippen molar-refractivity contribution >= 4 is 22.5 Å². The molecule has 0 radical (unpaired) electrons. The summed E-state index contributed by atoms with van der Waals surface area (Å²) in [5, 5.41) is 3.34. The first kappa shape index (κ1) is 17.5. The fourth-order valence-corrected chi connectivity index (χ4v) is 2.99. The molecule has 1 amide bonds. The van der Waals surface area contributed by atoms with E-state index in [4.69, 9.17) is 4.74 Å². The van der Waals surface area contributed by atoms with Gasteiger partial charge in [-0.2, -0.15) is 0 Å². The Balaban J connectivity index is 1.73. The molecule has 28 heavy (non-hydrogen) atoms. The zero-order valence-electron chi connectivity index (χ0n) is 15.1. The maximum atomic E-state index is 12.9. The van der Waals surface area contributed by atoms with Crippen LogP contribution in [0, 0.1) is 0 Å². The molecule has 0 aliphatic carbocycles. The lowest BCUT2D eigenvalue weighted by Gasteiger charge is -2.12. The first-order chi connectivity index (χ1) is 13.7. The number of amides is 1. The SMILES string of the molecule is COc1ccc(NC(=O)c2ccccc2-n2cnc3ccccc3c2=O)cc1. The number of rotatable bonds is 4. The molecule has 3 aromatic carbocycles. The summed E-state index contributed by atoms with van der Waals surface area (Å²) in [6.07, 6.45) is 1.45. The summed E-state index contributed by atoms with van der Waals surface area (Å²) in [7, 11) is 1.58. The number of nitrogens with zero attached hydrogens (tertiary/aromatic N) is 2. The summed E-state index contributed by atoms with van der Waals surface area (Å²) in [5.41, 5.74) is 1.86. The van der Waals surface area contributed by atoms with Crippen LogP contribution in [0.2, 0.25) is 0 Å². The van der Waals surface area contributed by atoms with Gasteiger partial charge in [0, 0.05) is 5.69 Å². The number of methoxy groups -OCH3 is 1. The van der Waals surface area contributed by atoms with Gasteiger partial charge < -0.3 is 10.1 Å². The van der Waals surface area contributed by atoms with E-state index in [-0.39, 0.29) is 11.5 Å². The van der Waals surface area contributed by atoms with Crippen molar-refractivity contribution in [3.63, 3.8) is 0 Å². The first-order valence-corrected chi connectivity index (χ1v) is 8.68. The summed E-state index contributed by atoms with van der Waals surface area (Å²) in [6.45, 7) is 0. The molecule has 4 rings (SSSR count). The first-order valence-electron chi connectivity index (χ1n) is 8.68. The summed E-state index contributed by atoms with van der Waals surface area (Å²) >= 11 is 0. The normalized spacial score (nSPS) is 10.6. The molecule has 0 bridgehead atoms. The Morgan fingerprint density at radius 2 is 1.68 bits per heavy atom. The van der Waals surface area contributed by atoms with Crippen molar-refractivity contribution < 1.29 is 9.53 Å². The largest absolute Gasteiger partial charge is 0.497 e. The summed E-state index contributed by atoms with van der Waals surface area (Å²) in [6, 6.07) is 21.1. The molecule has 6 heteroatoms. The number of benzene rings is 3. The molecule has 0 unspecified atom stereocenters. The third kappa shape index (κ3) is 3.23. The molecule has 138 valence electrons. The molecule has 0 atom stereocenters. The van der Waals surface area contributed by atoms with Crippen LogP contribution in [0.3, 0.4) is 0 Å². The van der Waals surface area contributed by atoms with Crippen molar-refractivity contribution in [3.8, 4) is 11.4 Å². The van der Waals surface area contributed by atoms with Crippen LogP contribution in [-0.4, -0.2) is 22.6 Å². The molecular weight excluding hydrogens is 354 g/mol. The summed E-state index contributed by atoms with van der Waals surface area (Å²) in [4.78, 5) is 30.1. The van der Waals surface area contributed by atoms with Gasteiger partial charge in [-0.3, -0.25) is 14.2 Å². The van der Waals surface area contributed by atoms with Crippen molar-refractivity contribution in [1.82, 2.24) is 9.55 Å². The third-order valence-electron chi connectivity index (χ3n) is 4.42. The van der Waals surface area contributed by atoms with Gasteiger partial charge in [0.1, 0.15) is 12.1 Å². The Bertz CT molecular complexity index is 1210. The van der Waals surface area contributed by atoms with Crippen LogP contribution in [-0.2, 0) is 0 Å². The van der Waals surface area contributed by atoms with E-state index in [1.54, 1.807) is 73.8 Å². The lowest BCUT2D eigenvalue weighted by molar-refractivity contribution is 0.102. The van der Waals surface area contributed by atoms with E-state index in [9.17, 15) is 9.59 Å². The van der Waals surface area contributed by atoms with Crippen molar-refractivity contribution in [2.45, 2.75) is 0 Å². The van der Waals surface area contributed by atoms with Gasteiger partial charge in [0.15, 0.2) is 0 Å². The number of carbonyl (C=O) groups is 1. The predicted molar refractivity (Wildman–Crippen MR) is 108 cm³/mol. The van der Waals surface area contributed by atoms with Gasteiger partial charge in [0.25, 0.3) is 11.5 Å². The highest BCUT2D eigenvalue weighted by Crippen LogP contribution is 2.19. The van der Waals surface area contributed by atoms with E-state index in [2.05, 4.69) is 10.3 Å². The second-order valence-corrected chi connectivity index (χ2v) is 6.14. The molecule has 0 fully saturated rings. The molecule has 0 aliphatic rings. The van der Waals surface area contributed by atoms with Crippen molar-refractivity contribution in [2.75, 3.05) is 12.4 Å². The van der Waals surface area contributed by atoms with Gasteiger partial charge in [-0.1, -0.05) is 24.3 Å². The van der Waals surface area contributed by atoms with Crippen molar-refractivity contribution in [1.29, 1.82) is 0 Å². The molecule has 1 heterocycles. The Morgan fingerprint density at radius 1 is 0.964 bits per heavy atom. The average molecular weight is 371 g/mol. The van der Waals surface area contributed by atoms with E-state index in [0.29, 0.717) is 33.6 Å². The van der Waals surface area contributed by atoms with Gasteiger partial charge in [-0.25, -0.2) is 4.98 Å². The molecule has 1 aromatic heterocycles. The lowest BCUT2D eigenvalue weighted by Crippen LogP contribution is -2.22. The van der Waals surface area contributed by atoms with Gasteiger partial charge in [0.05, 0.1) is 29.3 Å². The lowest BCUT2D eigenvalue weighted by atomic mass is 10.1. The fraction of sp³-hybridized carbons (Fsp3) is 0.0455. The zero-order chi connectivity index (χ0) is 19.5. The number of carbonyl (C=O) groups excluding carboxylic acids is 1. The highest BCUT2D eigenvalue weighted by molar-refractivity contribution is 6.06. The molecule has 0 saturated carbocycles. The molecule has 1 N–H and O–H groups in total. The Labute approximate surface area is 161 Å². The van der Waals surface area contributed by atoms with Crippen LogP contribution >= 0.6 is 0 Å². The highest BCUT2D eigenvalue weighted by Gasteiger charge is 2.15. The molecule has 0 saturated heterocycles. The van der Waals surface area contributed by atoms with Gasteiger partial charge >= 0.3 is 0 Å². The van der Waals surface area contributed by atoms with E-state index in [1.807, 2.05) is 6.07 Å². The second-order valence-electron chi connectivity index (χ2n) is 6.14. The summed E-state index contributed by atoms with van der Waals surface area (Å²) < 4.78 is 6.52. The number of ether oxygens (including phenoxy) is 1. The molecule has 0 spiro atoms. The smallest absolute Gasteiger partial charge is 0.265 e. The number of aromatic nitrogens is 2. The standard InChI is InChI=1S/C22H17N3O3/c1-28-16-12-10-15(11-13-16)24-21(26)18-7-3-5-9-20(18)25-14-23-19-8-4-2-6-17(19)22(25)27/h2-14H,1H3,(H,24,26). The molecule has 6 nitrogen and oxygen atoms in total. The average Bonchev–Trinajstić information content (AvgIpc) is 2.75. The van der Waals surface area contributed by atoms with E-state index < -0.39 is 0 Å². The number of fused-ring (bicyclic) bond motifs is 1. The van der Waals surface area contributed by atoms with E-state index in [0.717, 1.165) is 0 Å². The minimum Gasteiger partial charge on any atom is -0.497 e. The van der Waals surface area contributed by atoms with Crippen LogP contribution in [0.1, 0.15) is 10.4 Å². The van der Waals surface area contributed by atoms with E-state index in [1.165, 1.54) is 10.9 Å². The third-order valence-corrected chi connectivity index (χ3v) is 4.42. The minimum atomic E-state index is -0.319. The number of hydrogen-bond donors (Lipinski definition) is 1. The van der Waals surface area contributed by atoms with Crippen LogP contribution in [0.15, 0.2) is 83.9 Å². The van der Waals surface area contributed by atoms with Crippen LogP contribution in [0.25, 0.3) is 16.6 Å². The van der Waals surface area contributed by atoms with Gasteiger partial charge in [-0.15, -0.1) is 0 Å². The number of nitrogens with one attached hydrogen (secondary N) is 1. The van der Waals surface area contributed by atoms with Crippen molar-refractivity contribution in [3.05, 3.63) is 95.0 Å². The van der Waals surface area contributed by atoms with Crippen LogP contribution < -0.4 is 15.6 Å². The maximum absolute atomic E-state index is 12.9. The Kier molecular flexibility index (Phi) is 4.60. The second kappa shape index (κ2) is 7.36. The van der Waals surface area contributed by atoms with Crippen LogP contribution in [0.4, 0.5) is 5.69 Å². The monoisotopic (exact) mass is 371 g/mol. The fourth-order valence-electron chi connectivity index (χ4n) is 2.99. The number of anilines is 1. The number of para-hydroxylation sites is 2. The molecule has 4 aromatic rings. The Hall–Kier alpha value is -3.93. The molecule has 0 aliphatic heterocycles. The van der Waals surface area contributed by atoms with Crippen molar-refractivity contribution in [2.24, 2.45) is 0 Å². The quantitative estimate of drug-likeness (QED) is 0.594. The van der Waals surface area contributed by atoms with Gasteiger partial charge in [0.2, 0.25) is 0 Å². The van der Waals surface area contributed by atoms with Crippen LogP contribution in [0.5, 0.6) is 5.75 Å². The predicted octanol–water partition coefficient (Wildman–Crippen LogP) is 3.65.